The molecule has 0 aliphatic heterocycles. The molecule has 0 radical (unpaired) electrons. The average molecular weight is 426 g/mol. The number of amides is 1. The van der Waals surface area contributed by atoms with Crippen LogP contribution in [-0.2, 0) is 15.6 Å². The van der Waals surface area contributed by atoms with Crippen LogP contribution in [0.15, 0.2) is 64.9 Å². The number of sulfone groups is 1. The summed E-state index contributed by atoms with van der Waals surface area (Å²) in [4.78, 5) is 12.7. The zero-order valence-corrected chi connectivity index (χ0v) is 16.4. The van der Waals surface area contributed by atoms with Crippen molar-refractivity contribution in [2.24, 2.45) is 0 Å². The van der Waals surface area contributed by atoms with Crippen LogP contribution in [0.2, 0.25) is 10.0 Å². The quantitative estimate of drug-likeness (QED) is 0.604. The van der Waals surface area contributed by atoms with Crippen LogP contribution in [0.3, 0.4) is 0 Å². The van der Waals surface area contributed by atoms with Crippen LogP contribution in [0.4, 0.5) is 5.69 Å². The van der Waals surface area contributed by atoms with Gasteiger partial charge in [0.2, 0.25) is 0 Å². The van der Waals surface area contributed by atoms with Crippen molar-refractivity contribution in [3.8, 4) is 0 Å². The largest absolute Gasteiger partial charge is 0.321 e. The Kier molecular flexibility index (Phi) is 5.67. The summed E-state index contributed by atoms with van der Waals surface area (Å²) in [6, 6.07) is 14.6. The Bertz CT molecular complexity index is 1030. The number of hydrogen-bond donors (Lipinski definition) is 1. The molecule has 3 aromatic rings. The van der Waals surface area contributed by atoms with Gasteiger partial charge in [-0.2, -0.15) is 0 Å². The second kappa shape index (κ2) is 7.80. The number of thiophene rings is 1. The highest BCUT2D eigenvalue weighted by atomic mass is 35.5. The third-order valence-corrected chi connectivity index (χ3v) is 6.81. The first-order chi connectivity index (χ1) is 12.3. The average Bonchev–Trinajstić information content (AvgIpc) is 3.10. The van der Waals surface area contributed by atoms with Crippen molar-refractivity contribution in [2.45, 2.75) is 10.6 Å². The van der Waals surface area contributed by atoms with Crippen molar-refractivity contribution in [3.05, 3.63) is 80.5 Å². The van der Waals surface area contributed by atoms with Gasteiger partial charge in [-0.3, -0.25) is 4.79 Å². The Morgan fingerprint density at radius 2 is 1.50 bits per heavy atom. The molecule has 0 fully saturated rings. The predicted molar refractivity (Wildman–Crippen MR) is 106 cm³/mol. The van der Waals surface area contributed by atoms with Gasteiger partial charge in [0.1, 0.15) is 4.88 Å². The van der Waals surface area contributed by atoms with E-state index in [1.807, 2.05) is 0 Å². The number of rotatable bonds is 5. The summed E-state index contributed by atoms with van der Waals surface area (Å²) in [6.07, 6.45) is 0. The molecular weight excluding hydrogens is 413 g/mol. The lowest BCUT2D eigenvalue weighted by atomic mass is 10.2. The molecule has 8 heteroatoms. The molecule has 0 unspecified atom stereocenters. The molecule has 1 aromatic heterocycles. The van der Waals surface area contributed by atoms with E-state index in [0.717, 1.165) is 11.3 Å². The van der Waals surface area contributed by atoms with Crippen LogP contribution >= 0.6 is 34.5 Å². The standard InChI is InChI=1S/C18H13Cl2NO3S2/c19-13-3-1-12(2-4-13)11-26(23,24)16-9-10-25-17(16)18(22)21-15-7-5-14(20)6-8-15/h1-10H,11H2,(H,21,22). The number of carbonyl (C=O) groups is 1. The SMILES string of the molecule is O=C(Nc1ccc(Cl)cc1)c1sccc1S(=O)(=O)Cc1ccc(Cl)cc1. The Labute approximate surface area is 165 Å². The van der Waals surface area contributed by atoms with E-state index in [9.17, 15) is 13.2 Å². The maximum atomic E-state index is 12.7. The number of hydrogen-bond acceptors (Lipinski definition) is 4. The topological polar surface area (TPSA) is 63.2 Å². The Morgan fingerprint density at radius 1 is 0.923 bits per heavy atom. The number of halogens is 2. The number of nitrogens with one attached hydrogen (secondary N) is 1. The van der Waals surface area contributed by atoms with Crippen LogP contribution in [-0.4, -0.2) is 14.3 Å². The normalized spacial score (nSPS) is 11.3. The molecule has 4 nitrogen and oxygen atoms in total. The summed E-state index contributed by atoms with van der Waals surface area (Å²) in [5, 5.41) is 5.35. The zero-order valence-electron chi connectivity index (χ0n) is 13.3. The molecule has 3 rings (SSSR count). The van der Waals surface area contributed by atoms with E-state index in [4.69, 9.17) is 23.2 Å². The molecule has 0 saturated heterocycles. The number of carbonyl (C=O) groups excluding carboxylic acids is 1. The lowest BCUT2D eigenvalue weighted by Crippen LogP contribution is -2.15. The zero-order chi connectivity index (χ0) is 18.7. The van der Waals surface area contributed by atoms with Crippen LogP contribution < -0.4 is 5.32 Å². The van der Waals surface area contributed by atoms with Gasteiger partial charge in [-0.05, 0) is 53.4 Å². The molecule has 0 atom stereocenters. The first-order valence-electron chi connectivity index (χ1n) is 7.47. The third-order valence-electron chi connectivity index (χ3n) is 3.54. The van der Waals surface area contributed by atoms with Gasteiger partial charge in [-0.1, -0.05) is 35.3 Å². The number of anilines is 1. The van der Waals surface area contributed by atoms with E-state index in [2.05, 4.69) is 5.32 Å². The van der Waals surface area contributed by atoms with Crippen molar-refractivity contribution >= 4 is 56.0 Å². The fourth-order valence-corrected chi connectivity index (χ4v) is 5.29. The molecule has 0 saturated carbocycles. The minimum absolute atomic E-state index is 0.0175. The Balaban J connectivity index is 1.83. The van der Waals surface area contributed by atoms with Gasteiger partial charge in [0.05, 0.1) is 10.6 Å². The molecule has 1 N–H and O–H groups in total. The van der Waals surface area contributed by atoms with Crippen LogP contribution in [0.5, 0.6) is 0 Å². The van der Waals surface area contributed by atoms with E-state index in [1.54, 1.807) is 53.9 Å². The van der Waals surface area contributed by atoms with Crippen LogP contribution in [0.25, 0.3) is 0 Å². The second-order valence-corrected chi connectivity index (χ2v) is 9.21. The van der Waals surface area contributed by atoms with Gasteiger partial charge in [0.25, 0.3) is 5.91 Å². The number of benzene rings is 2. The molecule has 1 heterocycles. The summed E-state index contributed by atoms with van der Waals surface area (Å²) < 4.78 is 25.5. The van der Waals surface area contributed by atoms with Gasteiger partial charge in [-0.15, -0.1) is 11.3 Å². The van der Waals surface area contributed by atoms with E-state index in [1.165, 1.54) is 6.07 Å². The van der Waals surface area contributed by atoms with Crippen molar-refractivity contribution < 1.29 is 13.2 Å². The minimum atomic E-state index is -3.67. The molecule has 134 valence electrons. The fourth-order valence-electron chi connectivity index (χ4n) is 2.31. The van der Waals surface area contributed by atoms with Gasteiger partial charge in [-0.25, -0.2) is 8.42 Å². The van der Waals surface area contributed by atoms with Gasteiger partial charge in [0.15, 0.2) is 9.84 Å². The summed E-state index contributed by atoms with van der Waals surface area (Å²) in [5.41, 5.74) is 1.14. The molecule has 1 amide bonds. The summed E-state index contributed by atoms with van der Waals surface area (Å²) in [7, 11) is -3.67. The van der Waals surface area contributed by atoms with Crippen LogP contribution in [0, 0.1) is 0 Å². The Morgan fingerprint density at radius 3 is 2.12 bits per heavy atom. The van der Waals surface area contributed by atoms with Crippen molar-refractivity contribution in [3.63, 3.8) is 0 Å². The minimum Gasteiger partial charge on any atom is -0.321 e. The van der Waals surface area contributed by atoms with E-state index < -0.39 is 15.7 Å². The lowest BCUT2D eigenvalue weighted by molar-refractivity contribution is 0.102. The molecule has 0 aliphatic carbocycles. The summed E-state index contributed by atoms with van der Waals surface area (Å²) >= 11 is 12.7. The lowest BCUT2D eigenvalue weighted by Gasteiger charge is -2.08. The highest BCUT2D eigenvalue weighted by molar-refractivity contribution is 7.90. The van der Waals surface area contributed by atoms with E-state index in [0.29, 0.717) is 21.3 Å². The van der Waals surface area contributed by atoms with E-state index in [-0.39, 0.29) is 15.5 Å². The highest BCUT2D eigenvalue weighted by Gasteiger charge is 2.24. The first-order valence-corrected chi connectivity index (χ1v) is 10.8. The molecular formula is C18H13Cl2NO3S2. The summed E-state index contributed by atoms with van der Waals surface area (Å²) in [5.74, 6) is -0.681. The monoisotopic (exact) mass is 425 g/mol. The Hall–Kier alpha value is -1.86. The third kappa shape index (κ3) is 4.45. The maximum Gasteiger partial charge on any atom is 0.267 e. The summed E-state index contributed by atoms with van der Waals surface area (Å²) in [6.45, 7) is 0. The molecule has 0 aliphatic rings. The molecule has 0 bridgehead atoms. The maximum absolute atomic E-state index is 12.7. The fraction of sp³-hybridized carbons (Fsp3) is 0.0556. The smallest absolute Gasteiger partial charge is 0.267 e. The molecule has 0 spiro atoms. The van der Waals surface area contributed by atoms with Gasteiger partial charge < -0.3 is 5.32 Å². The van der Waals surface area contributed by atoms with Gasteiger partial charge in [0, 0.05) is 15.7 Å². The highest BCUT2D eigenvalue weighted by Crippen LogP contribution is 2.27. The second-order valence-electron chi connectivity index (χ2n) is 5.46. The van der Waals surface area contributed by atoms with Crippen molar-refractivity contribution in [1.82, 2.24) is 0 Å². The first kappa shape index (κ1) is 18.9. The van der Waals surface area contributed by atoms with Crippen LogP contribution in [0.1, 0.15) is 15.2 Å². The van der Waals surface area contributed by atoms with Crippen molar-refractivity contribution in [1.29, 1.82) is 0 Å². The molecule has 2 aromatic carbocycles. The van der Waals surface area contributed by atoms with E-state index >= 15 is 0 Å². The predicted octanol–water partition coefficient (Wildman–Crippen LogP) is 5.28. The van der Waals surface area contributed by atoms with Crippen molar-refractivity contribution in [2.75, 3.05) is 5.32 Å². The molecule has 26 heavy (non-hydrogen) atoms. The van der Waals surface area contributed by atoms with Gasteiger partial charge >= 0.3 is 0 Å².